The lowest BCUT2D eigenvalue weighted by atomic mass is 10.2. The monoisotopic (exact) mass is 411 g/mol. The third kappa shape index (κ3) is 5.81. The second-order valence-corrected chi connectivity index (χ2v) is 7.94. The first-order valence-electron chi connectivity index (χ1n) is 8.84. The molecule has 0 aliphatic heterocycles. The maximum Gasteiger partial charge on any atom is 0.262 e. The lowest BCUT2D eigenvalue weighted by Gasteiger charge is -2.19. The van der Waals surface area contributed by atoms with E-state index in [1.165, 1.54) is 24.5 Å². The van der Waals surface area contributed by atoms with Gasteiger partial charge in [0, 0.05) is 13.1 Å². The van der Waals surface area contributed by atoms with Crippen LogP contribution in [0.4, 0.5) is 5.69 Å². The van der Waals surface area contributed by atoms with Gasteiger partial charge in [-0.2, -0.15) is 0 Å². The number of amides is 1. The number of benzene rings is 2. The molecule has 3 aromatic rings. The van der Waals surface area contributed by atoms with Crippen molar-refractivity contribution in [1.82, 2.24) is 10.1 Å². The zero-order chi connectivity index (χ0) is 20.7. The highest BCUT2D eigenvalue weighted by atomic mass is 32.2. The highest BCUT2D eigenvalue weighted by Gasteiger charge is 2.14. The molecule has 0 radical (unpaired) electrons. The van der Waals surface area contributed by atoms with Gasteiger partial charge in [-0.3, -0.25) is 15.2 Å². The van der Waals surface area contributed by atoms with Crippen molar-refractivity contribution in [3.05, 3.63) is 90.4 Å². The number of hydrogen-bond acceptors (Lipinski definition) is 5. The predicted molar refractivity (Wildman–Crippen MR) is 111 cm³/mol. The molecule has 150 valence electrons. The third-order valence-corrected chi connectivity index (χ3v) is 5.47. The van der Waals surface area contributed by atoms with Gasteiger partial charge in [0.15, 0.2) is 0 Å². The summed E-state index contributed by atoms with van der Waals surface area (Å²) in [7, 11) is -1.90. The second-order valence-electron chi connectivity index (χ2n) is 6.18. The van der Waals surface area contributed by atoms with Crippen LogP contribution in [-0.2, 0) is 21.4 Å². The van der Waals surface area contributed by atoms with Gasteiger partial charge >= 0.3 is 0 Å². The molecule has 0 atom stereocenters. The van der Waals surface area contributed by atoms with E-state index in [9.17, 15) is 13.2 Å². The Hall–Kier alpha value is -3.36. The van der Waals surface area contributed by atoms with Gasteiger partial charge in [0.05, 0.1) is 23.4 Å². The minimum Gasteiger partial charge on any atom is -0.468 e. The Balaban J connectivity index is 1.57. The van der Waals surface area contributed by atoms with Gasteiger partial charge in [-0.05, 0) is 48.0 Å². The molecule has 1 amide bonds. The van der Waals surface area contributed by atoms with Crippen molar-refractivity contribution in [3.63, 3.8) is 0 Å². The summed E-state index contributed by atoms with van der Waals surface area (Å²) < 4.78 is 32.2. The number of rotatable bonds is 8. The number of carbonyl (C=O) groups excluding carboxylic acids is 1. The second kappa shape index (κ2) is 9.22. The van der Waals surface area contributed by atoms with Crippen molar-refractivity contribution in [1.29, 1.82) is 0 Å². The van der Waals surface area contributed by atoms with Crippen molar-refractivity contribution >= 4 is 27.7 Å². The topological polar surface area (TPSA) is 91.7 Å². The van der Waals surface area contributed by atoms with Gasteiger partial charge in [-0.25, -0.2) is 13.1 Å². The van der Waals surface area contributed by atoms with Crippen LogP contribution in [0.1, 0.15) is 11.3 Å². The van der Waals surface area contributed by atoms with E-state index in [-0.39, 0.29) is 17.3 Å². The smallest absolute Gasteiger partial charge is 0.262 e. The molecule has 3 rings (SSSR count). The molecule has 1 aromatic heterocycles. The number of para-hydroxylation sites is 1. The molecule has 7 nitrogen and oxygen atoms in total. The van der Waals surface area contributed by atoms with Gasteiger partial charge in [0.25, 0.3) is 5.91 Å². The van der Waals surface area contributed by atoms with Crippen LogP contribution >= 0.6 is 0 Å². The third-order valence-electron chi connectivity index (χ3n) is 4.06. The van der Waals surface area contributed by atoms with Crippen molar-refractivity contribution in [2.24, 2.45) is 0 Å². The van der Waals surface area contributed by atoms with Crippen LogP contribution in [0.2, 0.25) is 0 Å². The van der Waals surface area contributed by atoms with Crippen LogP contribution < -0.4 is 15.2 Å². The first-order valence-corrected chi connectivity index (χ1v) is 10.3. The lowest BCUT2D eigenvalue weighted by molar-refractivity contribution is -0.116. The highest BCUT2D eigenvalue weighted by molar-refractivity contribution is 7.89. The molecule has 2 N–H and O–H groups in total. The van der Waals surface area contributed by atoms with Crippen LogP contribution in [0, 0.1) is 0 Å². The first-order chi connectivity index (χ1) is 13.9. The van der Waals surface area contributed by atoms with Crippen LogP contribution in [-0.4, -0.2) is 21.4 Å². The van der Waals surface area contributed by atoms with Crippen molar-refractivity contribution < 1.29 is 17.6 Å². The van der Waals surface area contributed by atoms with E-state index in [1.807, 2.05) is 30.3 Å². The van der Waals surface area contributed by atoms with Crippen LogP contribution in [0.5, 0.6) is 0 Å². The average Bonchev–Trinajstić information content (AvgIpc) is 3.25. The van der Waals surface area contributed by atoms with E-state index in [0.29, 0.717) is 11.3 Å². The quantitative estimate of drug-likeness (QED) is 0.439. The summed E-state index contributed by atoms with van der Waals surface area (Å²) in [4.78, 5) is 12.2. The van der Waals surface area contributed by atoms with E-state index < -0.39 is 10.0 Å². The molecule has 0 fully saturated rings. The van der Waals surface area contributed by atoms with E-state index in [4.69, 9.17) is 4.42 Å². The molecule has 1 heterocycles. The molecule has 0 aliphatic carbocycles. The van der Waals surface area contributed by atoms with E-state index in [1.54, 1.807) is 42.4 Å². The number of hydrogen-bond donors (Lipinski definition) is 2. The van der Waals surface area contributed by atoms with E-state index in [0.717, 1.165) is 5.69 Å². The van der Waals surface area contributed by atoms with E-state index >= 15 is 0 Å². The molecule has 0 unspecified atom stereocenters. The van der Waals surface area contributed by atoms with Gasteiger partial charge in [0.2, 0.25) is 10.0 Å². The predicted octanol–water partition coefficient (Wildman–Crippen LogP) is 2.94. The largest absolute Gasteiger partial charge is 0.468 e. The molecule has 0 spiro atoms. The molecule has 0 saturated carbocycles. The SMILES string of the molecule is CN(NC(=O)/C=C/c1ccc(S(=O)(=O)NCc2ccco2)cc1)c1ccccc1. The Bertz CT molecular complexity index is 1060. The Morgan fingerprint density at radius 3 is 2.41 bits per heavy atom. The minimum absolute atomic E-state index is 0.0755. The highest BCUT2D eigenvalue weighted by Crippen LogP contribution is 2.13. The van der Waals surface area contributed by atoms with Gasteiger partial charge in [-0.15, -0.1) is 0 Å². The average molecular weight is 411 g/mol. The zero-order valence-electron chi connectivity index (χ0n) is 15.8. The number of sulfonamides is 1. The number of anilines is 1. The summed E-state index contributed by atoms with van der Waals surface area (Å²) in [5.41, 5.74) is 4.28. The maximum absolute atomic E-state index is 12.3. The number of hydrazine groups is 1. The first kappa shape index (κ1) is 20.4. The number of carbonyl (C=O) groups is 1. The normalized spacial score (nSPS) is 11.5. The summed E-state index contributed by atoms with van der Waals surface area (Å²) in [5, 5.41) is 1.62. The molecule has 0 aliphatic rings. The summed E-state index contributed by atoms with van der Waals surface area (Å²) in [6.07, 6.45) is 4.48. The van der Waals surface area contributed by atoms with Crippen molar-refractivity contribution in [2.45, 2.75) is 11.4 Å². The summed E-state index contributed by atoms with van der Waals surface area (Å²) in [6.45, 7) is 0.0755. The minimum atomic E-state index is -3.65. The molecular formula is C21H21N3O4S. The fourth-order valence-corrected chi connectivity index (χ4v) is 3.50. The Labute approximate surface area is 169 Å². The van der Waals surface area contributed by atoms with Crippen LogP contribution in [0.25, 0.3) is 6.08 Å². The molecule has 29 heavy (non-hydrogen) atoms. The van der Waals surface area contributed by atoms with Gasteiger partial charge in [0.1, 0.15) is 5.76 Å². The number of nitrogens with one attached hydrogen (secondary N) is 2. The number of furan rings is 1. The number of nitrogens with zero attached hydrogens (tertiary/aromatic N) is 1. The Morgan fingerprint density at radius 1 is 1.03 bits per heavy atom. The summed E-state index contributed by atoms with van der Waals surface area (Å²) in [6, 6.07) is 19.0. The standard InChI is InChI=1S/C21H21N3O4S/c1-24(18-6-3-2-4-7-18)23-21(25)14-11-17-9-12-20(13-10-17)29(26,27)22-16-19-8-5-15-28-19/h2-15,22H,16H2,1H3,(H,23,25)/b14-11+. The van der Waals surface area contributed by atoms with Crippen LogP contribution in [0.15, 0.2) is 88.4 Å². The molecule has 0 bridgehead atoms. The summed E-state index contributed by atoms with van der Waals surface area (Å²) in [5.74, 6) is 0.229. The Morgan fingerprint density at radius 2 is 1.76 bits per heavy atom. The van der Waals surface area contributed by atoms with Crippen LogP contribution in [0.3, 0.4) is 0 Å². The Kier molecular flexibility index (Phi) is 6.48. The van der Waals surface area contributed by atoms with Gasteiger partial charge in [-0.1, -0.05) is 30.3 Å². The fourth-order valence-electron chi connectivity index (χ4n) is 2.51. The van der Waals surface area contributed by atoms with E-state index in [2.05, 4.69) is 10.1 Å². The summed E-state index contributed by atoms with van der Waals surface area (Å²) >= 11 is 0. The molecular weight excluding hydrogens is 390 g/mol. The molecule has 8 heteroatoms. The maximum atomic E-state index is 12.3. The fraction of sp³-hybridized carbons (Fsp3) is 0.0952. The molecule has 2 aromatic carbocycles. The van der Waals surface area contributed by atoms with Crippen molar-refractivity contribution in [2.75, 3.05) is 12.1 Å². The lowest BCUT2D eigenvalue weighted by Crippen LogP contribution is -2.38. The van der Waals surface area contributed by atoms with Gasteiger partial charge < -0.3 is 4.42 Å². The van der Waals surface area contributed by atoms with Crippen molar-refractivity contribution in [3.8, 4) is 0 Å². The molecule has 0 saturated heterocycles. The zero-order valence-corrected chi connectivity index (χ0v) is 16.6.